The number of nitrogens with zero attached hydrogens (tertiary/aromatic N) is 1. The first-order valence-corrected chi connectivity index (χ1v) is 12.2. The number of sulfonamides is 1. The Kier molecular flexibility index (Phi) is 5.83. The summed E-state index contributed by atoms with van der Waals surface area (Å²) in [5.41, 5.74) is 2.68. The third-order valence-electron chi connectivity index (χ3n) is 5.53. The van der Waals surface area contributed by atoms with Crippen LogP contribution in [-0.2, 0) is 14.8 Å². The summed E-state index contributed by atoms with van der Waals surface area (Å²) in [5.74, 6) is -1.11. The fourth-order valence-corrected chi connectivity index (χ4v) is 6.59. The lowest BCUT2D eigenvalue weighted by Gasteiger charge is -2.40. The van der Waals surface area contributed by atoms with Crippen molar-refractivity contribution >= 4 is 27.3 Å². The van der Waals surface area contributed by atoms with E-state index in [2.05, 4.69) is 0 Å². The summed E-state index contributed by atoms with van der Waals surface area (Å²) >= 11 is 1.47. The molecule has 3 aromatic rings. The molecule has 0 bridgehead atoms. The van der Waals surface area contributed by atoms with Crippen LogP contribution in [0, 0.1) is 13.8 Å². The van der Waals surface area contributed by atoms with Gasteiger partial charge in [0.05, 0.1) is 22.6 Å². The molecule has 4 rings (SSSR count). The second kappa shape index (κ2) is 8.42. The lowest BCUT2D eigenvalue weighted by molar-refractivity contribution is -0.133. The highest BCUT2D eigenvalue weighted by Gasteiger charge is 2.44. The topological polar surface area (TPSA) is 74.7 Å². The summed E-state index contributed by atoms with van der Waals surface area (Å²) in [5, 5.41) is 11.9. The summed E-state index contributed by atoms with van der Waals surface area (Å²) < 4.78 is 29.3. The third kappa shape index (κ3) is 4.08. The second-order valence-corrected chi connectivity index (χ2v) is 10.5. The first-order chi connectivity index (χ1) is 14.8. The molecule has 2 heterocycles. The minimum atomic E-state index is -3.99. The highest BCUT2D eigenvalue weighted by atomic mass is 32.2. The summed E-state index contributed by atoms with van der Waals surface area (Å²) in [6.07, 6.45) is 1.97. The van der Waals surface area contributed by atoms with Crippen LogP contribution in [0.5, 0.6) is 0 Å². The van der Waals surface area contributed by atoms with Gasteiger partial charge in [-0.3, -0.25) is 0 Å². The van der Waals surface area contributed by atoms with Crippen LogP contribution in [0.25, 0.3) is 0 Å². The first kappa shape index (κ1) is 21.5. The molecule has 1 aliphatic heterocycles. The molecule has 1 N–H and O–H groups in total. The lowest BCUT2D eigenvalue weighted by atomic mass is 9.91. The number of hydrogen-bond acceptors (Lipinski definition) is 4. The van der Waals surface area contributed by atoms with E-state index in [4.69, 9.17) is 0 Å². The van der Waals surface area contributed by atoms with E-state index in [1.54, 1.807) is 30.3 Å². The monoisotopic (exact) mass is 453 g/mol. The Labute approximate surface area is 186 Å². The van der Waals surface area contributed by atoms with E-state index in [0.717, 1.165) is 16.0 Å². The smallest absolute Gasteiger partial charge is 0.333 e. The zero-order chi connectivity index (χ0) is 22.2. The molecule has 1 aromatic heterocycles. The molecular formula is C24H23NO4S2. The van der Waals surface area contributed by atoms with Crippen molar-refractivity contribution < 1.29 is 18.3 Å². The van der Waals surface area contributed by atoms with Gasteiger partial charge in [0.25, 0.3) is 0 Å². The molecule has 31 heavy (non-hydrogen) atoms. The molecular weight excluding hydrogens is 430 g/mol. The molecule has 0 saturated carbocycles. The van der Waals surface area contributed by atoms with Crippen molar-refractivity contribution in [2.75, 3.05) is 0 Å². The summed E-state index contributed by atoms with van der Waals surface area (Å²) in [6.45, 7) is 3.83. The Morgan fingerprint density at radius 2 is 1.61 bits per heavy atom. The van der Waals surface area contributed by atoms with E-state index in [0.29, 0.717) is 12.0 Å². The maximum atomic E-state index is 13.9. The zero-order valence-electron chi connectivity index (χ0n) is 17.2. The molecule has 5 nitrogen and oxygen atoms in total. The molecule has 0 saturated heterocycles. The maximum Gasteiger partial charge on any atom is 0.333 e. The van der Waals surface area contributed by atoms with Gasteiger partial charge in [-0.2, -0.15) is 4.31 Å². The maximum absolute atomic E-state index is 13.9. The number of rotatable bonds is 5. The largest absolute Gasteiger partial charge is 0.478 e. The summed E-state index contributed by atoms with van der Waals surface area (Å²) in [4.78, 5) is 13.2. The Morgan fingerprint density at radius 3 is 2.16 bits per heavy atom. The van der Waals surface area contributed by atoms with Crippen LogP contribution in [0.15, 0.2) is 82.6 Å². The van der Waals surface area contributed by atoms with Gasteiger partial charge in [-0.15, -0.1) is 11.3 Å². The minimum Gasteiger partial charge on any atom is -0.478 e. The van der Waals surface area contributed by atoms with E-state index in [-0.39, 0.29) is 10.5 Å². The highest BCUT2D eigenvalue weighted by molar-refractivity contribution is 7.89. The first-order valence-electron chi connectivity index (χ1n) is 9.92. The van der Waals surface area contributed by atoms with Crippen molar-refractivity contribution in [3.05, 3.63) is 99.3 Å². The quantitative estimate of drug-likeness (QED) is 0.572. The third-order valence-corrected chi connectivity index (χ3v) is 8.39. The molecule has 2 atom stereocenters. The van der Waals surface area contributed by atoms with E-state index in [1.807, 2.05) is 55.6 Å². The van der Waals surface area contributed by atoms with Crippen LogP contribution in [0.1, 0.15) is 40.1 Å². The average molecular weight is 454 g/mol. The zero-order valence-corrected chi connectivity index (χ0v) is 18.9. The predicted octanol–water partition coefficient (Wildman–Crippen LogP) is 5.25. The molecule has 0 aliphatic carbocycles. The van der Waals surface area contributed by atoms with Crippen LogP contribution in [0.2, 0.25) is 0 Å². The van der Waals surface area contributed by atoms with Crippen molar-refractivity contribution in [2.24, 2.45) is 0 Å². The van der Waals surface area contributed by atoms with Crippen LogP contribution in [0.4, 0.5) is 0 Å². The normalized spacial score (nSPS) is 19.7. The van der Waals surface area contributed by atoms with E-state index >= 15 is 0 Å². The Balaban J connectivity index is 1.95. The average Bonchev–Trinajstić information content (AvgIpc) is 3.28. The van der Waals surface area contributed by atoms with Crippen molar-refractivity contribution in [1.29, 1.82) is 0 Å². The number of benzene rings is 2. The molecule has 0 spiro atoms. The van der Waals surface area contributed by atoms with Gasteiger partial charge in [0.15, 0.2) is 0 Å². The summed E-state index contributed by atoms with van der Waals surface area (Å²) in [6, 6.07) is 16.4. The fourth-order valence-electron chi connectivity index (χ4n) is 3.91. The molecule has 2 aromatic carbocycles. The molecule has 7 heteroatoms. The molecule has 0 fully saturated rings. The van der Waals surface area contributed by atoms with E-state index in [1.165, 1.54) is 15.6 Å². The van der Waals surface area contributed by atoms with Gasteiger partial charge in [-0.25, -0.2) is 13.2 Å². The lowest BCUT2D eigenvalue weighted by Crippen LogP contribution is -2.42. The van der Waals surface area contributed by atoms with Gasteiger partial charge in [-0.1, -0.05) is 59.7 Å². The SMILES string of the molecule is Cc1ccc([C@H]2C(C(=O)O)=CC[C@@H](c3cccs3)N2S(=O)(=O)c2ccc(C)cc2)cc1. The van der Waals surface area contributed by atoms with E-state index in [9.17, 15) is 18.3 Å². The number of carboxylic acids is 1. The highest BCUT2D eigenvalue weighted by Crippen LogP contribution is 2.46. The predicted molar refractivity (Wildman–Crippen MR) is 122 cm³/mol. The Bertz CT molecular complexity index is 1210. The van der Waals surface area contributed by atoms with Crippen LogP contribution in [-0.4, -0.2) is 23.8 Å². The van der Waals surface area contributed by atoms with Gasteiger partial charge in [-0.05, 0) is 49.4 Å². The molecule has 160 valence electrons. The van der Waals surface area contributed by atoms with Gasteiger partial charge < -0.3 is 5.11 Å². The minimum absolute atomic E-state index is 0.0762. The van der Waals surface area contributed by atoms with Gasteiger partial charge >= 0.3 is 5.97 Å². The van der Waals surface area contributed by atoms with Gasteiger partial charge in [0.1, 0.15) is 0 Å². The fraction of sp³-hybridized carbons (Fsp3) is 0.208. The molecule has 0 unspecified atom stereocenters. The van der Waals surface area contributed by atoms with Gasteiger partial charge in [0.2, 0.25) is 10.0 Å². The molecule has 0 radical (unpaired) electrons. The molecule has 1 aliphatic rings. The Morgan fingerprint density at radius 1 is 1.00 bits per heavy atom. The number of carbonyl (C=O) groups is 1. The second-order valence-electron chi connectivity index (χ2n) is 7.69. The number of hydrogen-bond donors (Lipinski definition) is 1. The van der Waals surface area contributed by atoms with E-state index < -0.39 is 28.1 Å². The number of thiophene rings is 1. The van der Waals surface area contributed by atoms with Crippen LogP contribution in [0.3, 0.4) is 0 Å². The van der Waals surface area contributed by atoms with Crippen molar-refractivity contribution in [2.45, 2.75) is 37.2 Å². The standard InChI is InChI=1S/C24H23NO4S2/c1-16-5-9-18(10-6-16)23-20(24(26)27)13-14-21(22-4-3-15-30-22)25(23)31(28,29)19-11-7-17(2)8-12-19/h3-13,15,21,23H,14H2,1-2H3,(H,26,27)/t21-,23-/m0/s1. The number of carboxylic acid groups (broad SMARTS) is 1. The van der Waals surface area contributed by atoms with Crippen molar-refractivity contribution in [3.8, 4) is 0 Å². The van der Waals surface area contributed by atoms with Crippen LogP contribution >= 0.6 is 11.3 Å². The Hall–Kier alpha value is -2.74. The van der Waals surface area contributed by atoms with Crippen molar-refractivity contribution in [1.82, 2.24) is 4.31 Å². The van der Waals surface area contributed by atoms with Crippen molar-refractivity contribution in [3.63, 3.8) is 0 Å². The van der Waals surface area contributed by atoms with Crippen LogP contribution < -0.4 is 0 Å². The molecule has 0 amide bonds. The number of aliphatic carboxylic acids is 1. The number of aryl methyl sites for hydroxylation is 2. The van der Waals surface area contributed by atoms with Gasteiger partial charge in [0, 0.05) is 4.88 Å². The summed E-state index contributed by atoms with van der Waals surface area (Å²) in [7, 11) is -3.99.